The molecule has 0 aromatic carbocycles. The second kappa shape index (κ2) is 5.03. The van der Waals surface area contributed by atoms with Gasteiger partial charge in [-0.2, -0.15) is 0 Å². The summed E-state index contributed by atoms with van der Waals surface area (Å²) in [5, 5.41) is 9.73. The van der Waals surface area contributed by atoms with Crippen molar-refractivity contribution in [3.05, 3.63) is 27.7 Å². The summed E-state index contributed by atoms with van der Waals surface area (Å²) in [7, 11) is 1.66. The van der Waals surface area contributed by atoms with Crippen molar-refractivity contribution in [2.24, 2.45) is 7.05 Å². The van der Waals surface area contributed by atoms with E-state index in [2.05, 4.69) is 0 Å². The summed E-state index contributed by atoms with van der Waals surface area (Å²) in [4.78, 5) is 25.2. The number of amides is 1. The quantitative estimate of drug-likeness (QED) is 0.850. The van der Waals surface area contributed by atoms with Gasteiger partial charge in [-0.05, 0) is 20.8 Å². The van der Waals surface area contributed by atoms with Crippen LogP contribution in [0.2, 0.25) is 0 Å². The van der Waals surface area contributed by atoms with E-state index in [9.17, 15) is 14.7 Å². The molecule has 17 heavy (non-hydrogen) atoms. The van der Waals surface area contributed by atoms with Crippen LogP contribution in [0.1, 0.15) is 30.0 Å². The molecule has 1 amide bonds. The molecule has 0 saturated carbocycles. The zero-order chi connectivity index (χ0) is 13.2. The molecule has 5 heteroatoms. The number of carbonyl (C=O) groups excluding carboxylic acids is 1. The number of pyridine rings is 1. The van der Waals surface area contributed by atoms with E-state index in [0.29, 0.717) is 18.8 Å². The van der Waals surface area contributed by atoms with Crippen LogP contribution < -0.4 is 5.43 Å². The molecule has 0 aliphatic rings. The van der Waals surface area contributed by atoms with Crippen LogP contribution in [0.4, 0.5) is 0 Å². The molecule has 0 fully saturated rings. The SMILES string of the molecule is CCN(CC)C(=O)c1c(O)c(=O)cc(C)n1C. The zero-order valence-electron chi connectivity index (χ0n) is 10.6. The van der Waals surface area contributed by atoms with E-state index in [4.69, 9.17) is 0 Å². The first-order valence-corrected chi connectivity index (χ1v) is 5.62. The van der Waals surface area contributed by atoms with Crippen molar-refractivity contribution in [2.75, 3.05) is 13.1 Å². The van der Waals surface area contributed by atoms with E-state index in [1.165, 1.54) is 10.6 Å². The second-order valence-electron chi connectivity index (χ2n) is 3.88. The molecule has 1 aromatic heterocycles. The van der Waals surface area contributed by atoms with Crippen LogP contribution in [-0.2, 0) is 7.05 Å². The molecule has 1 N–H and O–H groups in total. The number of nitrogens with zero attached hydrogens (tertiary/aromatic N) is 2. The first kappa shape index (κ1) is 13.3. The van der Waals surface area contributed by atoms with Crippen molar-refractivity contribution in [1.29, 1.82) is 0 Å². The molecule has 0 aliphatic heterocycles. The van der Waals surface area contributed by atoms with Gasteiger partial charge in [0.05, 0.1) is 0 Å². The molecular formula is C12H18N2O3. The summed E-state index contributed by atoms with van der Waals surface area (Å²) in [6.07, 6.45) is 0. The number of aryl methyl sites for hydroxylation is 1. The number of carbonyl (C=O) groups is 1. The van der Waals surface area contributed by atoms with Crippen molar-refractivity contribution >= 4 is 5.91 Å². The highest BCUT2D eigenvalue weighted by atomic mass is 16.3. The summed E-state index contributed by atoms with van der Waals surface area (Å²) < 4.78 is 1.54. The van der Waals surface area contributed by atoms with Crippen molar-refractivity contribution in [3.63, 3.8) is 0 Å². The zero-order valence-corrected chi connectivity index (χ0v) is 10.6. The average molecular weight is 238 g/mol. The predicted octanol–water partition coefficient (Wildman–Crippen LogP) is 0.881. The van der Waals surface area contributed by atoms with Gasteiger partial charge in [-0.3, -0.25) is 9.59 Å². The second-order valence-corrected chi connectivity index (χ2v) is 3.88. The van der Waals surface area contributed by atoms with Crippen molar-refractivity contribution in [1.82, 2.24) is 9.47 Å². The number of rotatable bonds is 3. The van der Waals surface area contributed by atoms with Gasteiger partial charge in [0.25, 0.3) is 5.91 Å². The maximum absolute atomic E-state index is 12.2. The average Bonchev–Trinajstić information content (AvgIpc) is 2.28. The fourth-order valence-corrected chi connectivity index (χ4v) is 1.71. The van der Waals surface area contributed by atoms with Crippen LogP contribution in [0.15, 0.2) is 10.9 Å². The summed E-state index contributed by atoms with van der Waals surface area (Å²) in [5.41, 5.74) is 0.179. The Hall–Kier alpha value is -1.78. The topological polar surface area (TPSA) is 62.5 Å². The van der Waals surface area contributed by atoms with Gasteiger partial charge in [0.2, 0.25) is 5.43 Å². The molecule has 1 aromatic rings. The molecule has 0 saturated heterocycles. The third-order valence-electron chi connectivity index (χ3n) is 2.92. The molecule has 5 nitrogen and oxygen atoms in total. The van der Waals surface area contributed by atoms with Gasteiger partial charge in [-0.25, -0.2) is 0 Å². The maximum atomic E-state index is 12.2. The van der Waals surface area contributed by atoms with Crippen LogP contribution in [0.5, 0.6) is 5.75 Å². The Kier molecular flexibility index (Phi) is 3.93. The Bertz CT molecular complexity index is 487. The molecule has 0 aliphatic carbocycles. The molecular weight excluding hydrogens is 220 g/mol. The Morgan fingerprint density at radius 3 is 2.41 bits per heavy atom. The molecule has 0 radical (unpaired) electrons. The van der Waals surface area contributed by atoms with Crippen LogP contribution in [0, 0.1) is 6.92 Å². The molecule has 1 heterocycles. The van der Waals surface area contributed by atoms with Crippen LogP contribution >= 0.6 is 0 Å². The third-order valence-corrected chi connectivity index (χ3v) is 2.92. The van der Waals surface area contributed by atoms with Crippen LogP contribution in [0.3, 0.4) is 0 Å². The van der Waals surface area contributed by atoms with Crippen LogP contribution in [-0.4, -0.2) is 33.6 Å². The standard InChI is InChI=1S/C12H18N2O3/c1-5-14(6-2)12(17)10-11(16)9(15)7-8(3)13(10)4/h7,16H,5-6H2,1-4H3. The Morgan fingerprint density at radius 2 is 1.94 bits per heavy atom. The Balaban J connectivity index is 3.40. The molecule has 0 bridgehead atoms. The first-order valence-electron chi connectivity index (χ1n) is 5.62. The van der Waals surface area contributed by atoms with E-state index in [1.54, 1.807) is 18.9 Å². The van der Waals surface area contributed by atoms with Gasteiger partial charge in [0.1, 0.15) is 0 Å². The van der Waals surface area contributed by atoms with E-state index in [-0.39, 0.29) is 11.6 Å². The highest BCUT2D eigenvalue weighted by Gasteiger charge is 2.21. The molecule has 94 valence electrons. The van der Waals surface area contributed by atoms with E-state index >= 15 is 0 Å². The van der Waals surface area contributed by atoms with Gasteiger partial charge >= 0.3 is 0 Å². The Morgan fingerprint density at radius 1 is 1.41 bits per heavy atom. The van der Waals surface area contributed by atoms with Crippen LogP contribution in [0.25, 0.3) is 0 Å². The minimum absolute atomic E-state index is 0.0544. The largest absolute Gasteiger partial charge is 0.503 e. The van der Waals surface area contributed by atoms with Crippen molar-refractivity contribution < 1.29 is 9.90 Å². The van der Waals surface area contributed by atoms with Gasteiger partial charge in [-0.15, -0.1) is 0 Å². The van der Waals surface area contributed by atoms with Gasteiger partial charge in [0.15, 0.2) is 11.4 Å². The minimum Gasteiger partial charge on any atom is -0.503 e. The number of hydrogen-bond acceptors (Lipinski definition) is 3. The predicted molar refractivity (Wildman–Crippen MR) is 65.3 cm³/mol. The smallest absolute Gasteiger partial charge is 0.274 e. The summed E-state index contributed by atoms with van der Waals surface area (Å²) in [6.45, 7) is 6.51. The summed E-state index contributed by atoms with van der Waals surface area (Å²) in [5.74, 6) is -0.800. The lowest BCUT2D eigenvalue weighted by molar-refractivity contribution is 0.0758. The normalized spacial score (nSPS) is 10.4. The molecule has 0 spiro atoms. The lowest BCUT2D eigenvalue weighted by Gasteiger charge is -2.21. The number of hydrogen-bond donors (Lipinski definition) is 1. The number of aromatic nitrogens is 1. The monoisotopic (exact) mass is 238 g/mol. The maximum Gasteiger partial charge on any atom is 0.274 e. The van der Waals surface area contributed by atoms with Gasteiger partial charge < -0.3 is 14.6 Å². The van der Waals surface area contributed by atoms with Gasteiger partial charge in [-0.1, -0.05) is 0 Å². The molecule has 0 atom stereocenters. The van der Waals surface area contributed by atoms with E-state index < -0.39 is 11.2 Å². The first-order chi connectivity index (χ1) is 7.93. The summed E-state index contributed by atoms with van der Waals surface area (Å²) >= 11 is 0. The Labute approximate surface area is 100 Å². The lowest BCUT2D eigenvalue weighted by atomic mass is 10.2. The lowest BCUT2D eigenvalue weighted by Crippen LogP contribution is -2.33. The molecule has 1 rings (SSSR count). The van der Waals surface area contributed by atoms with Crippen molar-refractivity contribution in [3.8, 4) is 5.75 Å². The third kappa shape index (κ3) is 2.33. The fraction of sp³-hybridized carbons (Fsp3) is 0.500. The van der Waals surface area contributed by atoms with E-state index in [1.807, 2.05) is 13.8 Å². The highest BCUT2D eigenvalue weighted by Crippen LogP contribution is 2.15. The minimum atomic E-state index is -0.517. The number of aromatic hydroxyl groups is 1. The van der Waals surface area contributed by atoms with E-state index in [0.717, 1.165) is 0 Å². The van der Waals surface area contributed by atoms with Crippen molar-refractivity contribution in [2.45, 2.75) is 20.8 Å². The molecule has 0 unspecified atom stereocenters. The fourth-order valence-electron chi connectivity index (χ4n) is 1.71. The highest BCUT2D eigenvalue weighted by molar-refractivity contribution is 5.95. The summed E-state index contributed by atoms with van der Waals surface area (Å²) in [6, 6.07) is 1.31. The van der Waals surface area contributed by atoms with Gasteiger partial charge in [0, 0.05) is 31.9 Å².